The molecule has 0 aliphatic rings. The molecule has 0 spiro atoms. The van der Waals surface area contributed by atoms with E-state index >= 15 is 0 Å². The van der Waals surface area contributed by atoms with Crippen LogP contribution in [0.2, 0.25) is 0 Å². The van der Waals surface area contributed by atoms with E-state index in [1.54, 1.807) is 6.92 Å². The molecule has 0 rings (SSSR count). The molecule has 0 aromatic heterocycles. The second-order valence-electron chi connectivity index (χ2n) is 10.2. The van der Waals surface area contributed by atoms with E-state index in [4.69, 9.17) is 15.0 Å². The molecule has 2 N–H and O–H groups in total. The lowest BCUT2D eigenvalue weighted by atomic mass is 9.62. The average molecular weight is 449 g/mol. The van der Waals surface area contributed by atoms with E-state index in [9.17, 15) is 14.7 Å². The molecule has 7 heteroatoms. The van der Waals surface area contributed by atoms with E-state index in [0.29, 0.717) is 19.3 Å². The Kier molecular flexibility index (Phi) is 14.5. The van der Waals surface area contributed by atoms with E-state index in [1.807, 2.05) is 55.4 Å². The van der Waals surface area contributed by atoms with Gasteiger partial charge < -0.3 is 9.99 Å². The van der Waals surface area contributed by atoms with Gasteiger partial charge in [0.2, 0.25) is 0 Å². The molecule has 2 atom stereocenters. The van der Waals surface area contributed by atoms with Crippen LogP contribution in [0.3, 0.4) is 0 Å². The number of aliphatic carboxylic acids is 1. The van der Waals surface area contributed by atoms with Gasteiger partial charge in [0.15, 0.2) is 5.60 Å². The molecule has 0 saturated carbocycles. The molecule has 0 aromatic rings. The number of carboxylic acids is 1. The van der Waals surface area contributed by atoms with Gasteiger partial charge in [-0.05, 0) is 51.9 Å². The topological polar surface area (TPSA) is 102 Å². The number of hydrogen-bond acceptors (Lipinski definition) is 6. The van der Waals surface area contributed by atoms with Gasteiger partial charge in [-0.3, -0.25) is 0 Å². The van der Waals surface area contributed by atoms with Crippen molar-refractivity contribution in [1.82, 2.24) is 0 Å². The highest BCUT2D eigenvalue weighted by Crippen LogP contribution is 2.46. The summed E-state index contributed by atoms with van der Waals surface area (Å²) in [5.41, 5.74) is -2.47. The molecule has 7 nitrogen and oxygen atoms in total. The zero-order chi connectivity index (χ0) is 24.9. The highest BCUT2D eigenvalue weighted by atomic mass is 17.2. The van der Waals surface area contributed by atoms with Crippen LogP contribution in [0.4, 0.5) is 0 Å². The van der Waals surface area contributed by atoms with Crippen LogP contribution in [0, 0.1) is 10.8 Å². The van der Waals surface area contributed by atoms with Crippen LogP contribution < -0.4 is 0 Å². The van der Waals surface area contributed by atoms with E-state index in [2.05, 4.69) is 11.8 Å². The first-order valence-electron chi connectivity index (χ1n) is 11.6. The van der Waals surface area contributed by atoms with Crippen LogP contribution in [0.15, 0.2) is 0 Å². The minimum Gasteiger partial charge on any atom is -0.479 e. The van der Waals surface area contributed by atoms with Gasteiger partial charge in [0.1, 0.15) is 0 Å². The van der Waals surface area contributed by atoms with Crippen LogP contribution in [0.25, 0.3) is 0 Å². The first-order valence-corrected chi connectivity index (χ1v) is 11.6. The third-order valence-electron chi connectivity index (χ3n) is 5.82. The molecule has 2 unspecified atom stereocenters. The Morgan fingerprint density at radius 2 is 1.26 bits per heavy atom. The largest absolute Gasteiger partial charge is 0.479 e. The Labute approximate surface area is 189 Å². The van der Waals surface area contributed by atoms with Crippen molar-refractivity contribution in [1.29, 1.82) is 0 Å². The van der Waals surface area contributed by atoms with Crippen molar-refractivity contribution in [2.24, 2.45) is 10.8 Å². The van der Waals surface area contributed by atoms with E-state index in [-0.39, 0.29) is 5.41 Å². The normalized spacial score (nSPS) is 15.8. The van der Waals surface area contributed by atoms with Gasteiger partial charge in [-0.15, -0.1) is 0 Å². The van der Waals surface area contributed by atoms with Crippen molar-refractivity contribution in [3.8, 4) is 0 Å². The predicted octanol–water partition coefficient (Wildman–Crippen LogP) is 6.79. The van der Waals surface area contributed by atoms with Crippen molar-refractivity contribution in [2.75, 3.05) is 0 Å². The Hall–Kier alpha value is -1.18. The Morgan fingerprint density at radius 3 is 1.55 bits per heavy atom. The maximum atomic E-state index is 11.7. The molecule has 0 aromatic carbocycles. The van der Waals surface area contributed by atoms with Crippen LogP contribution in [-0.2, 0) is 24.3 Å². The smallest absolute Gasteiger partial charge is 0.348 e. The second kappa shape index (κ2) is 14.1. The minimum absolute atomic E-state index is 0.198. The third-order valence-corrected chi connectivity index (χ3v) is 5.82. The van der Waals surface area contributed by atoms with Gasteiger partial charge in [0.05, 0.1) is 11.0 Å². The molecule has 0 saturated heterocycles. The monoisotopic (exact) mass is 448 g/mol. The van der Waals surface area contributed by atoms with Crippen molar-refractivity contribution in [3.05, 3.63) is 0 Å². The highest BCUT2D eigenvalue weighted by Gasteiger charge is 2.48. The number of carbonyl (C=O) groups excluding carboxylic acids is 1. The molecule has 0 bridgehead atoms. The fourth-order valence-corrected chi connectivity index (χ4v) is 3.44. The molecule has 0 amide bonds. The van der Waals surface area contributed by atoms with Crippen LogP contribution in [0.1, 0.15) is 121 Å². The summed E-state index contributed by atoms with van der Waals surface area (Å²) in [6.07, 6.45) is 6.10. The summed E-state index contributed by atoms with van der Waals surface area (Å²) in [7, 11) is 0. The lowest BCUT2D eigenvalue weighted by molar-refractivity contribution is -0.398. The quantitative estimate of drug-likeness (QED) is 0.250. The van der Waals surface area contributed by atoms with E-state index in [1.165, 1.54) is 0 Å². The van der Waals surface area contributed by atoms with Gasteiger partial charge >= 0.3 is 11.9 Å². The zero-order valence-electron chi connectivity index (χ0n) is 21.6. The lowest BCUT2D eigenvalue weighted by Crippen LogP contribution is -2.43. The van der Waals surface area contributed by atoms with Gasteiger partial charge in [-0.2, -0.15) is 5.26 Å². The van der Waals surface area contributed by atoms with Crippen molar-refractivity contribution in [2.45, 2.75) is 132 Å². The van der Waals surface area contributed by atoms with Crippen molar-refractivity contribution < 1.29 is 34.6 Å². The fraction of sp³-hybridized carbons (Fsp3) is 0.917. The predicted molar refractivity (Wildman–Crippen MR) is 123 cm³/mol. The Balaban J connectivity index is 0. The summed E-state index contributed by atoms with van der Waals surface area (Å²) in [6.45, 7) is 19.4. The molecule has 186 valence electrons. The summed E-state index contributed by atoms with van der Waals surface area (Å²) < 4.78 is 0. The van der Waals surface area contributed by atoms with Crippen LogP contribution in [0.5, 0.6) is 0 Å². The zero-order valence-corrected chi connectivity index (χ0v) is 21.6. The van der Waals surface area contributed by atoms with Crippen molar-refractivity contribution >= 4 is 11.9 Å². The molecule has 0 aliphatic carbocycles. The number of carbonyl (C=O) groups is 2. The van der Waals surface area contributed by atoms with Gasteiger partial charge in [0, 0.05) is 0 Å². The highest BCUT2D eigenvalue weighted by molar-refractivity contribution is 5.77. The van der Waals surface area contributed by atoms with Gasteiger partial charge in [0.25, 0.3) is 0 Å². The molecule has 31 heavy (non-hydrogen) atoms. The molecule has 0 aliphatic heterocycles. The number of hydrogen-bond donors (Lipinski definition) is 2. The van der Waals surface area contributed by atoms with Crippen LogP contribution in [-0.4, -0.2) is 33.5 Å². The Bertz CT molecular complexity index is 519. The summed E-state index contributed by atoms with van der Waals surface area (Å²) in [5, 5.41) is 17.9. The standard InChI is InChI=1S/C12H24O4.C12H24O3/c1-6-8-9-12(7-2,10(13)14)16-15-11(3,4)5;1-6-8-9-12(7-2,10(13)15-14)11(3,4)5/h6-9H2,1-5H3,(H,13,14);14H,6-9H2,1-5H3. The van der Waals surface area contributed by atoms with Crippen LogP contribution >= 0.6 is 0 Å². The Morgan fingerprint density at radius 1 is 0.774 bits per heavy atom. The summed E-state index contributed by atoms with van der Waals surface area (Å²) in [4.78, 5) is 37.4. The average Bonchev–Trinajstić information content (AvgIpc) is 2.67. The summed E-state index contributed by atoms with van der Waals surface area (Å²) >= 11 is 0. The third kappa shape index (κ3) is 10.3. The first-order chi connectivity index (χ1) is 14.1. The molecule has 0 radical (unpaired) electrons. The maximum Gasteiger partial charge on any atom is 0.348 e. The number of unbranched alkanes of at least 4 members (excludes halogenated alkanes) is 2. The first kappa shape index (κ1) is 32.0. The second-order valence-corrected chi connectivity index (χ2v) is 10.2. The van der Waals surface area contributed by atoms with Gasteiger partial charge in [-0.1, -0.05) is 74.1 Å². The van der Waals surface area contributed by atoms with E-state index < -0.39 is 28.6 Å². The molecular weight excluding hydrogens is 400 g/mol. The molecule has 0 fully saturated rings. The van der Waals surface area contributed by atoms with E-state index in [0.717, 1.165) is 32.1 Å². The lowest BCUT2D eigenvalue weighted by Gasteiger charge is -2.41. The van der Waals surface area contributed by atoms with Crippen molar-refractivity contribution in [3.63, 3.8) is 0 Å². The van der Waals surface area contributed by atoms with Gasteiger partial charge in [-0.25, -0.2) is 19.4 Å². The summed E-state index contributed by atoms with van der Waals surface area (Å²) in [6, 6.07) is 0. The fourth-order valence-electron chi connectivity index (χ4n) is 3.44. The SMILES string of the molecule is CCCCC(CC)(C(=O)OO)C(C)(C)C.CCCCC(CC)(OOC(C)(C)C)C(=O)O. The molecular formula is C24H48O7. The molecule has 0 heterocycles. The minimum atomic E-state index is -1.21. The number of carboxylic acid groups (broad SMARTS) is 1. The number of rotatable bonds is 12. The summed E-state index contributed by atoms with van der Waals surface area (Å²) in [5.74, 6) is -1.45. The maximum absolute atomic E-state index is 11.7.